The van der Waals surface area contributed by atoms with Crippen molar-refractivity contribution in [3.8, 4) is 11.8 Å². The summed E-state index contributed by atoms with van der Waals surface area (Å²) in [6, 6.07) is 5.70. The second-order valence-corrected chi connectivity index (χ2v) is 3.17. The molecule has 72 valence electrons. The number of nitrogens with one attached hydrogen (secondary N) is 1. The highest BCUT2D eigenvalue weighted by atomic mass is 14.6. The normalized spacial score (nSPS) is 9.00. The van der Waals surface area contributed by atoms with Crippen LogP contribution in [0.1, 0.15) is 24.5 Å². The van der Waals surface area contributed by atoms with Crippen LogP contribution < -0.4 is 5.73 Å². The second-order valence-electron chi connectivity index (χ2n) is 3.17. The smallest absolute Gasteiger partial charge is 0.0526 e. The fraction of sp³-hybridized carbons (Fsp3) is 0.250. The molecule has 1 rings (SSSR count). The van der Waals surface area contributed by atoms with Crippen LogP contribution in [-0.2, 0) is 0 Å². The lowest BCUT2D eigenvalue weighted by Crippen LogP contribution is -2.03. The summed E-state index contributed by atoms with van der Waals surface area (Å²) >= 11 is 0. The van der Waals surface area contributed by atoms with Crippen molar-refractivity contribution in [2.24, 2.45) is 0 Å². The van der Waals surface area contributed by atoms with E-state index in [1.807, 2.05) is 25.1 Å². The minimum atomic E-state index is 0.462. The molecule has 0 amide bonds. The Hall–Kier alpha value is -1.75. The molecule has 0 heterocycles. The molecule has 0 atom stereocenters. The molecule has 2 heteroatoms. The molecule has 1 aromatic carbocycles. The van der Waals surface area contributed by atoms with E-state index in [1.165, 1.54) is 0 Å². The monoisotopic (exact) mass is 186 g/mol. The molecule has 0 aliphatic heterocycles. The van der Waals surface area contributed by atoms with Gasteiger partial charge in [0.25, 0.3) is 0 Å². The van der Waals surface area contributed by atoms with Gasteiger partial charge in [0.05, 0.1) is 12.1 Å². The van der Waals surface area contributed by atoms with Gasteiger partial charge < -0.3 is 11.1 Å². The van der Waals surface area contributed by atoms with Crippen LogP contribution in [0.3, 0.4) is 0 Å². The van der Waals surface area contributed by atoms with E-state index in [0.29, 0.717) is 17.8 Å². The lowest BCUT2D eigenvalue weighted by Gasteiger charge is -2.05. The molecular formula is C12H14N2. The van der Waals surface area contributed by atoms with Crippen LogP contribution >= 0.6 is 0 Å². The number of nitrogens with two attached hydrogens (primary N) is 1. The summed E-state index contributed by atoms with van der Waals surface area (Å²) in [7, 11) is 0. The van der Waals surface area contributed by atoms with Gasteiger partial charge in [-0.3, -0.25) is 0 Å². The molecule has 0 aliphatic carbocycles. The average molecular weight is 186 g/mol. The first-order chi connectivity index (χ1) is 6.65. The fourth-order valence-corrected chi connectivity index (χ4v) is 1.20. The average Bonchev–Trinajstić information content (AvgIpc) is 2.18. The Balaban J connectivity index is 2.98. The molecule has 0 radical (unpaired) electrons. The molecule has 2 nitrogen and oxygen atoms in total. The van der Waals surface area contributed by atoms with Gasteiger partial charge in [0.2, 0.25) is 0 Å². The maximum atomic E-state index is 7.79. The van der Waals surface area contributed by atoms with Gasteiger partial charge in [0, 0.05) is 11.3 Å². The first kappa shape index (κ1) is 10.3. The Kier molecular flexibility index (Phi) is 3.30. The SMILES string of the molecule is CC#CCC(=N)c1cc(C)ccc1N. The van der Waals surface area contributed by atoms with Crippen molar-refractivity contribution >= 4 is 11.4 Å². The van der Waals surface area contributed by atoms with Gasteiger partial charge in [-0.25, -0.2) is 0 Å². The fourth-order valence-electron chi connectivity index (χ4n) is 1.20. The van der Waals surface area contributed by atoms with Gasteiger partial charge in [-0.1, -0.05) is 17.6 Å². The summed E-state index contributed by atoms with van der Waals surface area (Å²) in [5, 5.41) is 7.79. The number of nitrogen functional groups attached to an aromatic ring is 1. The summed E-state index contributed by atoms with van der Waals surface area (Å²) in [5.41, 5.74) is 8.82. The van der Waals surface area contributed by atoms with E-state index in [9.17, 15) is 0 Å². The van der Waals surface area contributed by atoms with Crippen LogP contribution in [-0.4, -0.2) is 5.71 Å². The highest BCUT2D eigenvalue weighted by molar-refractivity contribution is 6.03. The molecule has 0 aliphatic rings. The van der Waals surface area contributed by atoms with E-state index < -0.39 is 0 Å². The third-order valence-electron chi connectivity index (χ3n) is 1.98. The van der Waals surface area contributed by atoms with Crippen LogP contribution in [0.2, 0.25) is 0 Å². The highest BCUT2D eigenvalue weighted by Gasteiger charge is 2.04. The lowest BCUT2D eigenvalue weighted by molar-refractivity contribution is 1.36. The van der Waals surface area contributed by atoms with E-state index in [2.05, 4.69) is 11.8 Å². The molecule has 0 saturated carbocycles. The van der Waals surface area contributed by atoms with Crippen molar-refractivity contribution in [3.63, 3.8) is 0 Å². The summed E-state index contributed by atoms with van der Waals surface area (Å²) in [6.07, 6.45) is 0.462. The summed E-state index contributed by atoms with van der Waals surface area (Å²) < 4.78 is 0. The van der Waals surface area contributed by atoms with Crippen LogP contribution in [0.15, 0.2) is 18.2 Å². The third-order valence-corrected chi connectivity index (χ3v) is 1.98. The quantitative estimate of drug-likeness (QED) is 0.416. The van der Waals surface area contributed by atoms with Crippen molar-refractivity contribution in [1.82, 2.24) is 0 Å². The van der Waals surface area contributed by atoms with Crippen molar-refractivity contribution in [3.05, 3.63) is 29.3 Å². The largest absolute Gasteiger partial charge is 0.398 e. The van der Waals surface area contributed by atoms with Crippen LogP contribution in [0.5, 0.6) is 0 Å². The van der Waals surface area contributed by atoms with E-state index in [1.54, 1.807) is 6.92 Å². The van der Waals surface area contributed by atoms with Gasteiger partial charge >= 0.3 is 0 Å². The minimum absolute atomic E-state index is 0.462. The Bertz CT molecular complexity index is 408. The first-order valence-corrected chi connectivity index (χ1v) is 4.48. The van der Waals surface area contributed by atoms with Gasteiger partial charge in [0.1, 0.15) is 0 Å². The van der Waals surface area contributed by atoms with Crippen molar-refractivity contribution < 1.29 is 0 Å². The van der Waals surface area contributed by atoms with Crippen molar-refractivity contribution in [2.75, 3.05) is 5.73 Å². The van der Waals surface area contributed by atoms with Gasteiger partial charge in [0.15, 0.2) is 0 Å². The summed E-state index contributed by atoms with van der Waals surface area (Å²) in [5.74, 6) is 5.63. The van der Waals surface area contributed by atoms with Crippen molar-refractivity contribution in [2.45, 2.75) is 20.3 Å². The molecule has 1 aromatic rings. The zero-order chi connectivity index (χ0) is 10.6. The Morgan fingerprint density at radius 2 is 2.21 bits per heavy atom. The minimum Gasteiger partial charge on any atom is -0.398 e. The molecule has 0 spiro atoms. The lowest BCUT2D eigenvalue weighted by atomic mass is 10.0. The number of hydrogen-bond donors (Lipinski definition) is 2. The van der Waals surface area contributed by atoms with Gasteiger partial charge in [-0.2, -0.15) is 0 Å². The topological polar surface area (TPSA) is 49.9 Å². The zero-order valence-electron chi connectivity index (χ0n) is 8.52. The first-order valence-electron chi connectivity index (χ1n) is 4.48. The number of benzene rings is 1. The summed E-state index contributed by atoms with van der Waals surface area (Å²) in [4.78, 5) is 0. The molecule has 14 heavy (non-hydrogen) atoms. The van der Waals surface area contributed by atoms with Crippen LogP contribution in [0.25, 0.3) is 0 Å². The molecule has 0 aromatic heterocycles. The Labute approximate surface area is 84.6 Å². The van der Waals surface area contributed by atoms with Gasteiger partial charge in [-0.05, 0) is 26.0 Å². The molecule has 0 bridgehead atoms. The van der Waals surface area contributed by atoms with E-state index in [-0.39, 0.29) is 0 Å². The number of anilines is 1. The number of hydrogen-bond acceptors (Lipinski definition) is 2. The molecule has 0 fully saturated rings. The molecule has 0 saturated heterocycles. The molecule has 0 unspecified atom stereocenters. The maximum absolute atomic E-state index is 7.79. The Morgan fingerprint density at radius 1 is 1.50 bits per heavy atom. The predicted molar refractivity (Wildman–Crippen MR) is 60.5 cm³/mol. The summed E-state index contributed by atoms with van der Waals surface area (Å²) in [6.45, 7) is 3.76. The number of rotatable bonds is 2. The Morgan fingerprint density at radius 3 is 2.86 bits per heavy atom. The number of aryl methyl sites for hydroxylation is 1. The maximum Gasteiger partial charge on any atom is 0.0526 e. The van der Waals surface area contributed by atoms with E-state index >= 15 is 0 Å². The van der Waals surface area contributed by atoms with E-state index in [0.717, 1.165) is 11.1 Å². The van der Waals surface area contributed by atoms with Crippen LogP contribution in [0.4, 0.5) is 5.69 Å². The second kappa shape index (κ2) is 4.48. The highest BCUT2D eigenvalue weighted by Crippen LogP contribution is 2.15. The molecule has 3 N–H and O–H groups in total. The van der Waals surface area contributed by atoms with Crippen LogP contribution in [0, 0.1) is 24.2 Å². The zero-order valence-corrected chi connectivity index (χ0v) is 8.52. The van der Waals surface area contributed by atoms with E-state index in [4.69, 9.17) is 11.1 Å². The molecular weight excluding hydrogens is 172 g/mol. The predicted octanol–water partition coefficient (Wildman–Crippen LogP) is 2.36. The third kappa shape index (κ3) is 2.37. The van der Waals surface area contributed by atoms with Gasteiger partial charge in [-0.15, -0.1) is 5.92 Å². The van der Waals surface area contributed by atoms with Crippen molar-refractivity contribution in [1.29, 1.82) is 5.41 Å². The standard InChI is InChI=1S/C12H14N2/c1-3-4-5-11(13)10-8-9(2)6-7-12(10)14/h6-8,13H,5,14H2,1-2H3.